The number of aromatic amines is 1. The molecule has 1 heterocycles. The molecule has 0 saturated carbocycles. The minimum atomic E-state index is -1.34. The molecule has 172 valence electrons. The van der Waals surface area contributed by atoms with Crippen molar-refractivity contribution in [2.45, 2.75) is 57.8 Å². The maximum atomic E-state index is 12.6. The van der Waals surface area contributed by atoms with E-state index in [-0.39, 0.29) is 6.42 Å². The number of nitrogens with two attached hydrogens (primary N) is 1. The number of hydrogen-bond acceptors (Lipinski definition) is 7. The number of aliphatic carboxylic acids is 2. The van der Waals surface area contributed by atoms with Gasteiger partial charge in [-0.15, -0.1) is 0 Å². The van der Waals surface area contributed by atoms with E-state index in [0.717, 1.165) is 0 Å². The normalized spacial score (nSPS) is 14.7. The Morgan fingerprint density at radius 1 is 1.03 bits per heavy atom. The van der Waals surface area contributed by atoms with Crippen molar-refractivity contribution in [2.75, 3.05) is 0 Å². The number of nitrogens with one attached hydrogen (secondary N) is 4. The van der Waals surface area contributed by atoms with Gasteiger partial charge in [0.15, 0.2) is 0 Å². The standard InChI is InChI=1S/C18H28N6O7/c1-8(2)14(24-16(28)11(19)5-13(25)26)17(29)22-9(3)15(27)23-12(18(30)31)4-10-6-20-7-21-10/h6-9,11-12,14H,4-5,19H2,1-3H3,(H,20,21)(H,22,29)(H,23,27)(H,24,28)(H,25,26)(H,30,31). The van der Waals surface area contributed by atoms with Crippen molar-refractivity contribution in [3.8, 4) is 0 Å². The van der Waals surface area contributed by atoms with E-state index < -0.39 is 66.2 Å². The summed E-state index contributed by atoms with van der Waals surface area (Å²) in [5.74, 6) is -5.18. The highest BCUT2D eigenvalue weighted by atomic mass is 16.4. The zero-order valence-electron chi connectivity index (χ0n) is 17.4. The number of hydrogen-bond donors (Lipinski definition) is 7. The first-order chi connectivity index (χ1) is 14.4. The fraction of sp³-hybridized carbons (Fsp3) is 0.556. The van der Waals surface area contributed by atoms with E-state index in [1.807, 2.05) is 0 Å². The molecule has 4 atom stereocenters. The van der Waals surface area contributed by atoms with Crippen molar-refractivity contribution in [3.63, 3.8) is 0 Å². The van der Waals surface area contributed by atoms with Crippen molar-refractivity contribution in [2.24, 2.45) is 11.7 Å². The van der Waals surface area contributed by atoms with Crippen LogP contribution in [0.1, 0.15) is 32.9 Å². The molecule has 13 nitrogen and oxygen atoms in total. The molecular weight excluding hydrogens is 412 g/mol. The number of carbonyl (C=O) groups is 5. The summed E-state index contributed by atoms with van der Waals surface area (Å²) in [5, 5.41) is 25.2. The zero-order valence-corrected chi connectivity index (χ0v) is 17.4. The molecule has 0 aromatic carbocycles. The maximum absolute atomic E-state index is 12.6. The summed E-state index contributed by atoms with van der Waals surface area (Å²) in [7, 11) is 0. The first-order valence-corrected chi connectivity index (χ1v) is 9.50. The molecule has 4 unspecified atom stereocenters. The third-order valence-electron chi connectivity index (χ3n) is 4.32. The van der Waals surface area contributed by atoms with Crippen LogP contribution in [0.2, 0.25) is 0 Å². The van der Waals surface area contributed by atoms with Crippen molar-refractivity contribution in [1.82, 2.24) is 25.9 Å². The Balaban J connectivity index is 2.72. The lowest BCUT2D eigenvalue weighted by Gasteiger charge is -2.25. The minimum absolute atomic E-state index is 0.0338. The molecule has 1 aromatic heterocycles. The Morgan fingerprint density at radius 3 is 2.16 bits per heavy atom. The second kappa shape index (κ2) is 11.6. The molecule has 8 N–H and O–H groups in total. The van der Waals surface area contributed by atoms with Gasteiger partial charge in [-0.25, -0.2) is 9.78 Å². The molecule has 0 saturated heterocycles. The summed E-state index contributed by atoms with van der Waals surface area (Å²) in [5.41, 5.74) is 6.01. The van der Waals surface area contributed by atoms with Crippen LogP contribution in [0.4, 0.5) is 0 Å². The van der Waals surface area contributed by atoms with Crippen LogP contribution in [0.3, 0.4) is 0 Å². The lowest BCUT2D eigenvalue weighted by atomic mass is 10.0. The minimum Gasteiger partial charge on any atom is -0.481 e. The number of carbonyl (C=O) groups excluding carboxylic acids is 3. The third kappa shape index (κ3) is 8.42. The molecule has 0 aliphatic carbocycles. The molecule has 0 fully saturated rings. The Morgan fingerprint density at radius 2 is 1.68 bits per heavy atom. The van der Waals surface area contributed by atoms with E-state index in [1.54, 1.807) is 13.8 Å². The Bertz CT molecular complexity index is 795. The monoisotopic (exact) mass is 440 g/mol. The molecule has 0 bridgehead atoms. The Labute approximate surface area is 178 Å². The number of carboxylic acids is 2. The molecule has 13 heteroatoms. The summed E-state index contributed by atoms with van der Waals surface area (Å²) in [6.45, 7) is 4.64. The van der Waals surface area contributed by atoms with E-state index in [0.29, 0.717) is 5.69 Å². The van der Waals surface area contributed by atoms with E-state index in [2.05, 4.69) is 25.9 Å². The SMILES string of the molecule is CC(NC(=O)C(NC(=O)C(N)CC(=O)O)C(C)C)C(=O)NC(Cc1cnc[nH]1)C(=O)O. The molecule has 0 aliphatic heterocycles. The van der Waals surface area contributed by atoms with Crippen LogP contribution in [0.5, 0.6) is 0 Å². The van der Waals surface area contributed by atoms with Crippen molar-refractivity contribution >= 4 is 29.7 Å². The second-order valence-corrected chi connectivity index (χ2v) is 7.35. The van der Waals surface area contributed by atoms with Crippen LogP contribution in [0, 0.1) is 5.92 Å². The van der Waals surface area contributed by atoms with Gasteiger partial charge in [-0.1, -0.05) is 13.8 Å². The van der Waals surface area contributed by atoms with Gasteiger partial charge < -0.3 is 36.9 Å². The van der Waals surface area contributed by atoms with Crippen LogP contribution < -0.4 is 21.7 Å². The summed E-state index contributed by atoms with van der Waals surface area (Å²) >= 11 is 0. The Hall–Kier alpha value is -3.48. The largest absolute Gasteiger partial charge is 0.481 e. The summed E-state index contributed by atoms with van der Waals surface area (Å²) in [6.07, 6.45) is 2.16. The van der Waals surface area contributed by atoms with Crippen LogP contribution in [-0.2, 0) is 30.4 Å². The summed E-state index contributed by atoms with van der Waals surface area (Å²) < 4.78 is 0. The second-order valence-electron chi connectivity index (χ2n) is 7.35. The Kier molecular flexibility index (Phi) is 9.60. The van der Waals surface area contributed by atoms with Gasteiger partial charge in [0.05, 0.1) is 18.8 Å². The van der Waals surface area contributed by atoms with E-state index in [1.165, 1.54) is 19.4 Å². The number of carboxylic acid groups (broad SMARTS) is 2. The number of H-pyrrole nitrogens is 1. The van der Waals surface area contributed by atoms with Gasteiger partial charge in [-0.3, -0.25) is 19.2 Å². The van der Waals surface area contributed by atoms with Crippen LogP contribution >= 0.6 is 0 Å². The van der Waals surface area contributed by atoms with Gasteiger partial charge in [0.2, 0.25) is 17.7 Å². The molecule has 0 aliphatic rings. The van der Waals surface area contributed by atoms with Crippen molar-refractivity contribution in [3.05, 3.63) is 18.2 Å². The molecule has 0 radical (unpaired) electrons. The first-order valence-electron chi connectivity index (χ1n) is 9.50. The lowest BCUT2D eigenvalue weighted by molar-refractivity contribution is -0.142. The molecule has 1 rings (SSSR count). The smallest absolute Gasteiger partial charge is 0.326 e. The third-order valence-corrected chi connectivity index (χ3v) is 4.32. The lowest BCUT2D eigenvalue weighted by Crippen LogP contribution is -2.58. The van der Waals surface area contributed by atoms with Gasteiger partial charge in [0, 0.05) is 18.3 Å². The first kappa shape index (κ1) is 25.6. The molecule has 0 spiro atoms. The highest BCUT2D eigenvalue weighted by molar-refractivity contribution is 5.94. The van der Waals surface area contributed by atoms with Gasteiger partial charge in [-0.05, 0) is 12.8 Å². The number of amides is 3. The summed E-state index contributed by atoms with van der Waals surface area (Å²) in [4.78, 5) is 65.6. The molecule has 31 heavy (non-hydrogen) atoms. The highest BCUT2D eigenvalue weighted by Gasteiger charge is 2.30. The predicted molar refractivity (Wildman–Crippen MR) is 106 cm³/mol. The molecule has 1 aromatic rings. The molecule has 3 amide bonds. The summed E-state index contributed by atoms with van der Waals surface area (Å²) in [6, 6.07) is -4.78. The van der Waals surface area contributed by atoms with Gasteiger partial charge >= 0.3 is 11.9 Å². The van der Waals surface area contributed by atoms with Gasteiger partial charge in [-0.2, -0.15) is 0 Å². The number of aromatic nitrogens is 2. The number of rotatable bonds is 12. The topological polar surface area (TPSA) is 217 Å². The average molecular weight is 440 g/mol. The average Bonchev–Trinajstić information content (AvgIpc) is 3.17. The predicted octanol–water partition coefficient (Wildman–Crippen LogP) is -2.03. The highest BCUT2D eigenvalue weighted by Crippen LogP contribution is 2.05. The van der Waals surface area contributed by atoms with E-state index in [4.69, 9.17) is 10.8 Å². The fourth-order valence-corrected chi connectivity index (χ4v) is 2.56. The molecular formula is C18H28N6O7. The van der Waals surface area contributed by atoms with Crippen LogP contribution in [0.25, 0.3) is 0 Å². The quantitative estimate of drug-likeness (QED) is 0.190. The van der Waals surface area contributed by atoms with Crippen molar-refractivity contribution < 1.29 is 34.2 Å². The number of nitrogens with zero attached hydrogens (tertiary/aromatic N) is 1. The van der Waals surface area contributed by atoms with E-state index >= 15 is 0 Å². The van der Waals surface area contributed by atoms with Gasteiger partial charge in [0.25, 0.3) is 0 Å². The fourth-order valence-electron chi connectivity index (χ4n) is 2.56. The maximum Gasteiger partial charge on any atom is 0.326 e. The van der Waals surface area contributed by atoms with Crippen LogP contribution in [-0.4, -0.2) is 74.0 Å². The van der Waals surface area contributed by atoms with Crippen LogP contribution in [0.15, 0.2) is 12.5 Å². The van der Waals surface area contributed by atoms with Crippen molar-refractivity contribution in [1.29, 1.82) is 0 Å². The van der Waals surface area contributed by atoms with E-state index in [9.17, 15) is 29.1 Å². The zero-order chi connectivity index (χ0) is 23.7. The van der Waals surface area contributed by atoms with Gasteiger partial charge in [0.1, 0.15) is 18.1 Å². The number of imidazole rings is 1.